The highest BCUT2D eigenvalue weighted by molar-refractivity contribution is 5.60. The average Bonchev–Trinajstić information content (AvgIpc) is 2.17. The number of nitrogens with one attached hydrogen (secondary N) is 1. The molecule has 1 aromatic heterocycles. The van der Waals surface area contributed by atoms with Gasteiger partial charge in [0.25, 0.3) is 0 Å². The first-order valence-corrected chi connectivity index (χ1v) is 4.99. The Morgan fingerprint density at radius 2 is 2.21 bits per heavy atom. The van der Waals surface area contributed by atoms with E-state index in [4.69, 9.17) is 5.73 Å². The van der Waals surface area contributed by atoms with Gasteiger partial charge in [0.05, 0.1) is 5.69 Å². The summed E-state index contributed by atoms with van der Waals surface area (Å²) in [6.07, 6.45) is 2.84. The van der Waals surface area contributed by atoms with Crippen molar-refractivity contribution in [2.75, 3.05) is 17.6 Å². The van der Waals surface area contributed by atoms with Crippen LogP contribution in [0.1, 0.15) is 27.2 Å². The van der Waals surface area contributed by atoms with Gasteiger partial charge in [0.1, 0.15) is 5.82 Å². The Bertz CT molecular complexity index is 294. The van der Waals surface area contributed by atoms with Crippen molar-refractivity contribution >= 4 is 11.5 Å². The van der Waals surface area contributed by atoms with Crippen molar-refractivity contribution in [3.05, 3.63) is 18.3 Å². The number of aromatic nitrogens is 1. The van der Waals surface area contributed by atoms with Crippen molar-refractivity contribution in [2.45, 2.75) is 27.2 Å². The van der Waals surface area contributed by atoms with Crippen LogP contribution in [0.25, 0.3) is 0 Å². The van der Waals surface area contributed by atoms with E-state index in [9.17, 15) is 0 Å². The monoisotopic (exact) mass is 193 g/mol. The lowest BCUT2D eigenvalue weighted by atomic mass is 9.90. The molecule has 0 fully saturated rings. The molecule has 1 aromatic rings. The van der Waals surface area contributed by atoms with Crippen molar-refractivity contribution in [1.29, 1.82) is 0 Å². The molecule has 0 unspecified atom stereocenters. The van der Waals surface area contributed by atoms with Crippen LogP contribution < -0.4 is 11.1 Å². The van der Waals surface area contributed by atoms with Gasteiger partial charge in [-0.1, -0.05) is 20.8 Å². The highest BCUT2D eigenvalue weighted by atomic mass is 15.0. The normalized spacial score (nSPS) is 11.4. The summed E-state index contributed by atoms with van der Waals surface area (Å²) in [6, 6.07) is 3.84. The van der Waals surface area contributed by atoms with E-state index in [0.717, 1.165) is 18.7 Å². The van der Waals surface area contributed by atoms with Crippen LogP contribution in [0, 0.1) is 5.41 Å². The minimum Gasteiger partial charge on any atom is -0.382 e. The fourth-order valence-corrected chi connectivity index (χ4v) is 1.03. The minimum atomic E-state index is 0.294. The first kappa shape index (κ1) is 10.8. The molecule has 0 aliphatic carbocycles. The van der Waals surface area contributed by atoms with Gasteiger partial charge in [-0.3, -0.25) is 0 Å². The number of nitrogens with two attached hydrogens (primary N) is 1. The molecule has 0 aliphatic heterocycles. The van der Waals surface area contributed by atoms with Crippen molar-refractivity contribution in [3.8, 4) is 0 Å². The molecule has 3 heteroatoms. The Hall–Kier alpha value is -1.25. The second kappa shape index (κ2) is 4.31. The lowest BCUT2D eigenvalue weighted by Crippen LogP contribution is -2.22. The van der Waals surface area contributed by atoms with Crippen molar-refractivity contribution < 1.29 is 0 Å². The van der Waals surface area contributed by atoms with Crippen LogP contribution in [-0.2, 0) is 0 Å². The second-order valence-electron chi connectivity index (χ2n) is 4.31. The Morgan fingerprint density at radius 3 is 2.79 bits per heavy atom. The molecular formula is C11H19N3. The van der Waals surface area contributed by atoms with Crippen LogP contribution in [0.4, 0.5) is 11.5 Å². The first-order chi connectivity index (χ1) is 6.55. The highest BCUT2D eigenvalue weighted by Gasteiger charge is 2.14. The molecule has 3 N–H and O–H groups in total. The Kier molecular flexibility index (Phi) is 3.33. The summed E-state index contributed by atoms with van der Waals surface area (Å²) in [4.78, 5) is 4.02. The second-order valence-corrected chi connectivity index (χ2v) is 4.31. The lowest BCUT2D eigenvalue weighted by molar-refractivity contribution is 0.377. The van der Waals surface area contributed by atoms with E-state index in [1.165, 1.54) is 0 Å². The van der Waals surface area contributed by atoms with E-state index in [0.29, 0.717) is 11.2 Å². The summed E-state index contributed by atoms with van der Waals surface area (Å²) in [6.45, 7) is 7.56. The summed E-state index contributed by atoms with van der Waals surface area (Å²) >= 11 is 0. The standard InChI is InChI=1S/C11H19N3/c1-4-11(2,3)8-14-9-6-5-7-13-10(9)12/h5-7,14H,4,8H2,1-3H3,(H2,12,13). The lowest BCUT2D eigenvalue weighted by Gasteiger charge is -2.23. The summed E-state index contributed by atoms with van der Waals surface area (Å²) in [5.41, 5.74) is 6.94. The SMILES string of the molecule is CCC(C)(C)CNc1cccnc1N. The van der Waals surface area contributed by atoms with E-state index in [1.807, 2.05) is 12.1 Å². The van der Waals surface area contributed by atoms with Gasteiger partial charge in [-0.15, -0.1) is 0 Å². The van der Waals surface area contributed by atoms with Gasteiger partial charge in [-0.05, 0) is 24.0 Å². The third kappa shape index (κ3) is 2.91. The number of hydrogen-bond acceptors (Lipinski definition) is 3. The molecule has 0 radical (unpaired) electrons. The number of rotatable bonds is 4. The van der Waals surface area contributed by atoms with Gasteiger partial charge in [0.15, 0.2) is 0 Å². The molecule has 78 valence electrons. The zero-order chi connectivity index (χ0) is 10.6. The van der Waals surface area contributed by atoms with Crippen LogP contribution in [-0.4, -0.2) is 11.5 Å². The zero-order valence-electron chi connectivity index (χ0n) is 9.17. The van der Waals surface area contributed by atoms with Crippen molar-refractivity contribution in [1.82, 2.24) is 4.98 Å². The summed E-state index contributed by atoms with van der Waals surface area (Å²) in [7, 11) is 0. The van der Waals surface area contributed by atoms with Crippen LogP contribution in [0.15, 0.2) is 18.3 Å². The molecule has 1 rings (SSSR count). The minimum absolute atomic E-state index is 0.294. The smallest absolute Gasteiger partial charge is 0.146 e. The Morgan fingerprint density at radius 1 is 1.50 bits per heavy atom. The van der Waals surface area contributed by atoms with Crippen molar-refractivity contribution in [2.24, 2.45) is 5.41 Å². The van der Waals surface area contributed by atoms with E-state index in [1.54, 1.807) is 6.20 Å². The van der Waals surface area contributed by atoms with Crippen LogP contribution in [0.2, 0.25) is 0 Å². The number of anilines is 2. The van der Waals surface area contributed by atoms with E-state index in [-0.39, 0.29) is 0 Å². The third-order valence-electron chi connectivity index (χ3n) is 2.55. The predicted molar refractivity (Wildman–Crippen MR) is 61.2 cm³/mol. The molecule has 0 saturated heterocycles. The van der Waals surface area contributed by atoms with Crippen LogP contribution >= 0.6 is 0 Å². The van der Waals surface area contributed by atoms with Gasteiger partial charge in [-0.25, -0.2) is 4.98 Å². The Labute approximate surface area is 85.7 Å². The molecule has 0 amide bonds. The Balaban J connectivity index is 2.58. The fourth-order valence-electron chi connectivity index (χ4n) is 1.03. The number of nitrogen functional groups attached to an aromatic ring is 1. The fraction of sp³-hybridized carbons (Fsp3) is 0.545. The zero-order valence-corrected chi connectivity index (χ0v) is 9.17. The van der Waals surface area contributed by atoms with Gasteiger partial charge >= 0.3 is 0 Å². The highest BCUT2D eigenvalue weighted by Crippen LogP contribution is 2.22. The molecule has 14 heavy (non-hydrogen) atoms. The van der Waals surface area contributed by atoms with E-state index in [2.05, 4.69) is 31.1 Å². The van der Waals surface area contributed by atoms with Crippen molar-refractivity contribution in [3.63, 3.8) is 0 Å². The quantitative estimate of drug-likeness (QED) is 0.772. The van der Waals surface area contributed by atoms with Gasteiger partial charge in [0, 0.05) is 12.7 Å². The molecule has 0 bridgehead atoms. The number of nitrogens with zero attached hydrogens (tertiary/aromatic N) is 1. The van der Waals surface area contributed by atoms with Gasteiger partial charge in [0.2, 0.25) is 0 Å². The average molecular weight is 193 g/mol. The summed E-state index contributed by atoms with van der Waals surface area (Å²) in [5.74, 6) is 0.569. The third-order valence-corrected chi connectivity index (χ3v) is 2.55. The number of hydrogen-bond donors (Lipinski definition) is 2. The maximum absolute atomic E-state index is 5.72. The first-order valence-electron chi connectivity index (χ1n) is 4.99. The number of pyridine rings is 1. The molecule has 3 nitrogen and oxygen atoms in total. The molecule has 1 heterocycles. The molecule has 0 atom stereocenters. The van der Waals surface area contributed by atoms with E-state index >= 15 is 0 Å². The molecule has 0 aliphatic rings. The van der Waals surface area contributed by atoms with Gasteiger partial charge < -0.3 is 11.1 Å². The maximum atomic E-state index is 5.72. The predicted octanol–water partition coefficient (Wildman–Crippen LogP) is 2.51. The summed E-state index contributed by atoms with van der Waals surface area (Å²) < 4.78 is 0. The topological polar surface area (TPSA) is 50.9 Å². The molecule has 0 spiro atoms. The molecular weight excluding hydrogens is 174 g/mol. The van der Waals surface area contributed by atoms with Crippen LogP contribution in [0.3, 0.4) is 0 Å². The molecule has 0 saturated carbocycles. The van der Waals surface area contributed by atoms with Crippen LogP contribution in [0.5, 0.6) is 0 Å². The summed E-state index contributed by atoms with van der Waals surface area (Å²) in [5, 5.41) is 3.32. The molecule has 0 aromatic carbocycles. The maximum Gasteiger partial charge on any atom is 0.146 e. The van der Waals surface area contributed by atoms with E-state index < -0.39 is 0 Å². The van der Waals surface area contributed by atoms with Gasteiger partial charge in [-0.2, -0.15) is 0 Å². The largest absolute Gasteiger partial charge is 0.382 e.